The second kappa shape index (κ2) is 56.1. The summed E-state index contributed by atoms with van der Waals surface area (Å²) in [5.74, 6) is 5.93. The number of nitrogens with two attached hydrogens (primary N) is 2. The van der Waals surface area contributed by atoms with Gasteiger partial charge in [0.1, 0.15) is 22.8 Å². The fourth-order valence-corrected chi connectivity index (χ4v) is 12.8. The molecule has 0 bridgehead atoms. The van der Waals surface area contributed by atoms with Gasteiger partial charge in [0.2, 0.25) is 0 Å². The van der Waals surface area contributed by atoms with Gasteiger partial charge < -0.3 is 94.5 Å². The number of phenolic OH excluding ortho intramolecular Hbond substituents is 2. The van der Waals surface area contributed by atoms with Crippen LogP contribution in [0.15, 0.2) is 91.0 Å². The molecule has 25 nitrogen and oxygen atoms in total. The lowest BCUT2D eigenvalue weighted by molar-refractivity contribution is -0.124. The summed E-state index contributed by atoms with van der Waals surface area (Å²) in [5, 5.41) is 28.0. The SMILES string of the molecule is CCOc1cc(CCCC(=O)[C@@H](CC(C)(C)C)NC(=O)OC(C)(C)C)ccc1OC.CCOc1cc(CCCC(=O)[C@@H](CC(C)(C)C)NCC(OC)OC)ccc1OC.CCOc1cc(CCCC(=O)[C@H](N)CC(C)(C)C)ccc1OC.COc1ccc(CCCC(=O)[C@@H](CC(C)(C)C)NC(=O)OC(C)(C)C)cc1O.COc1ccc(CCN)cc1O. The number of benzene rings is 5. The Kier molecular flexibility index (Phi) is 51.1. The summed E-state index contributed by atoms with van der Waals surface area (Å²) in [7, 11) is 11.1. The van der Waals surface area contributed by atoms with Crippen molar-refractivity contribution in [2.24, 2.45) is 33.1 Å². The highest BCUT2D eigenvalue weighted by atomic mass is 16.7. The highest BCUT2D eigenvalue weighted by molar-refractivity contribution is 5.88. The quantitative estimate of drug-likeness (QED) is 0.0178. The smallest absolute Gasteiger partial charge is 0.408 e. The highest BCUT2D eigenvalue weighted by Crippen LogP contribution is 2.34. The lowest BCUT2D eigenvalue weighted by Gasteiger charge is -2.27. The number of Topliss-reactive ketones (excluding diaryl/α,β-unsaturated/α-hetero) is 4. The third kappa shape index (κ3) is 49.4. The first-order valence-corrected chi connectivity index (χ1v) is 42.9. The fourth-order valence-electron chi connectivity index (χ4n) is 12.8. The number of ether oxygens (including phenoxy) is 12. The zero-order chi connectivity index (χ0) is 92.8. The van der Waals surface area contributed by atoms with Crippen molar-refractivity contribution in [2.45, 2.75) is 296 Å². The van der Waals surface area contributed by atoms with Crippen LogP contribution in [0.4, 0.5) is 9.59 Å². The van der Waals surface area contributed by atoms with Crippen LogP contribution in [-0.4, -0.2) is 170 Å². The van der Waals surface area contributed by atoms with Crippen LogP contribution in [0.5, 0.6) is 57.5 Å². The summed E-state index contributed by atoms with van der Waals surface area (Å²) in [5.41, 5.74) is 15.4. The fraction of sp³-hybridized carbons (Fsp3) is 0.629. The lowest BCUT2D eigenvalue weighted by atomic mass is 9.85. The van der Waals surface area contributed by atoms with Gasteiger partial charge in [0.15, 0.2) is 75.4 Å². The van der Waals surface area contributed by atoms with Crippen LogP contribution < -0.4 is 65.3 Å². The third-order valence-corrected chi connectivity index (χ3v) is 18.4. The molecule has 0 heterocycles. The Morgan fingerprint density at radius 3 is 0.893 bits per heavy atom. The average molecular weight is 1710 g/mol. The molecular weight excluding hydrogens is 1560 g/mol. The Morgan fingerprint density at radius 2 is 0.631 bits per heavy atom. The van der Waals surface area contributed by atoms with Gasteiger partial charge in [-0.2, -0.15) is 0 Å². The largest absolute Gasteiger partial charge is 0.504 e. The standard InChI is InChI=1S/C24H39NO5.C23H39NO5.C22H35NO5.C19H31NO3.C9H13NO2/c1-9-29-21-15-17(13-14-20(21)28-8)11-10-12-19(26)18(16-23(2,3)4)25-22(27)30-24(5,6)7;1-8-29-21-14-17(12-13-20(21)26-5)10-9-11-19(25)18(15-23(2,3)4)24-16-22(27-6)28-7;1-21(2,3)14-16(23-20(26)28-22(4,5)6)17(24)10-8-9-15-11-12-19(27-7)18(25)13-15;1-6-23-18-12-14(10-11-17(18)22-5)8-7-9-16(21)15(20)13-19(2,3)4;1-12-9-3-2-7(4-5-10)6-8(9)11/h13-15,18H,9-12,16H2,1-8H3,(H,25,27);12-14,18,22,24H,8-11,15-16H2,1-7H3;11-13,16,25H,8-10,14H2,1-7H3,(H,23,26);10-12,15H,6-9,13,20H2,1-5H3;2-3,6,11H,4-5,10H2,1H3/t2*18-;16-;15-;/m1111./s1. The molecule has 9 N–H and O–H groups in total. The predicted octanol–water partition coefficient (Wildman–Crippen LogP) is 18.6. The molecule has 690 valence electrons. The summed E-state index contributed by atoms with van der Waals surface area (Å²) in [6.07, 6.45) is 9.58. The highest BCUT2D eigenvalue weighted by Gasteiger charge is 2.32. The Balaban J connectivity index is 0.000000779. The molecule has 0 spiro atoms. The molecule has 2 amide bonds. The second-order valence-corrected chi connectivity index (χ2v) is 37.0. The van der Waals surface area contributed by atoms with Crippen LogP contribution in [0.2, 0.25) is 0 Å². The maximum absolute atomic E-state index is 12.9. The van der Waals surface area contributed by atoms with Crippen molar-refractivity contribution in [3.63, 3.8) is 0 Å². The van der Waals surface area contributed by atoms with Crippen molar-refractivity contribution in [1.29, 1.82) is 0 Å². The number of carbonyl (C=O) groups is 6. The molecule has 4 atom stereocenters. The van der Waals surface area contributed by atoms with E-state index in [9.17, 15) is 39.0 Å². The summed E-state index contributed by atoms with van der Waals surface area (Å²) < 4.78 is 63.8. The number of hydrogen-bond acceptors (Lipinski definition) is 23. The van der Waals surface area contributed by atoms with Crippen molar-refractivity contribution in [3.05, 3.63) is 119 Å². The van der Waals surface area contributed by atoms with Crippen LogP contribution in [0.1, 0.15) is 250 Å². The second-order valence-electron chi connectivity index (χ2n) is 37.0. The first-order valence-electron chi connectivity index (χ1n) is 42.9. The molecule has 0 aromatic heterocycles. The number of alkyl carbamates (subject to hydrolysis) is 2. The lowest BCUT2D eigenvalue weighted by Crippen LogP contribution is -2.45. The van der Waals surface area contributed by atoms with E-state index in [1.807, 2.05) is 108 Å². The average Bonchev–Trinajstić information content (AvgIpc) is 0.870. The van der Waals surface area contributed by atoms with Crippen LogP contribution in [0.3, 0.4) is 0 Å². The summed E-state index contributed by atoms with van der Waals surface area (Å²) in [6, 6.07) is 26.5. The number of methoxy groups -OCH3 is 7. The summed E-state index contributed by atoms with van der Waals surface area (Å²) in [6.45, 7) is 44.4. The van der Waals surface area contributed by atoms with Crippen LogP contribution in [0.25, 0.3) is 0 Å². The maximum Gasteiger partial charge on any atom is 0.408 e. The van der Waals surface area contributed by atoms with Gasteiger partial charge in [-0.15, -0.1) is 0 Å². The van der Waals surface area contributed by atoms with E-state index in [4.69, 9.17) is 68.3 Å². The maximum atomic E-state index is 12.9. The van der Waals surface area contributed by atoms with Crippen LogP contribution >= 0.6 is 0 Å². The van der Waals surface area contributed by atoms with E-state index >= 15 is 0 Å². The number of rotatable bonds is 44. The van der Waals surface area contributed by atoms with Crippen molar-refractivity contribution in [3.8, 4) is 57.5 Å². The third-order valence-electron chi connectivity index (χ3n) is 18.4. The van der Waals surface area contributed by atoms with Crippen LogP contribution in [0, 0.1) is 21.7 Å². The van der Waals surface area contributed by atoms with Gasteiger partial charge in [-0.3, -0.25) is 19.2 Å². The number of nitrogens with one attached hydrogen (secondary N) is 3. The topological polar surface area (TPSA) is 342 Å². The molecule has 0 aliphatic heterocycles. The molecule has 0 radical (unpaired) electrons. The Hall–Kier alpha value is -8.88. The normalized spacial score (nSPS) is 12.5. The Labute approximate surface area is 731 Å². The number of carbonyl (C=O) groups excluding carboxylic acids is 6. The molecule has 0 saturated carbocycles. The van der Waals surface area contributed by atoms with Gasteiger partial charge in [0, 0.05) is 46.4 Å². The monoisotopic (exact) mass is 1710 g/mol. The predicted molar refractivity (Wildman–Crippen MR) is 487 cm³/mol. The van der Waals surface area contributed by atoms with E-state index in [0.29, 0.717) is 114 Å². The van der Waals surface area contributed by atoms with E-state index in [1.165, 1.54) is 14.2 Å². The van der Waals surface area contributed by atoms with E-state index in [0.717, 1.165) is 102 Å². The van der Waals surface area contributed by atoms with E-state index in [-0.39, 0.29) is 74.7 Å². The minimum absolute atomic E-state index is 0.0153. The number of amides is 2. The Morgan fingerprint density at radius 1 is 0.361 bits per heavy atom. The number of phenols is 2. The van der Waals surface area contributed by atoms with Gasteiger partial charge in [0.25, 0.3) is 0 Å². The first kappa shape index (κ1) is 111. The number of aryl methyl sites for hydroxylation is 4. The minimum atomic E-state index is -0.615. The van der Waals surface area contributed by atoms with E-state index in [2.05, 4.69) is 78.3 Å². The van der Waals surface area contributed by atoms with Crippen LogP contribution in [-0.2, 0) is 70.2 Å². The van der Waals surface area contributed by atoms with E-state index < -0.39 is 35.5 Å². The molecule has 122 heavy (non-hydrogen) atoms. The molecule has 0 fully saturated rings. The Bertz CT molecular complexity index is 3870. The van der Waals surface area contributed by atoms with Crippen molar-refractivity contribution in [2.75, 3.05) is 82.7 Å². The van der Waals surface area contributed by atoms with Gasteiger partial charge in [0.05, 0.1) is 79.5 Å². The first-order chi connectivity index (χ1) is 56.9. The molecule has 0 aliphatic carbocycles. The van der Waals surface area contributed by atoms with Crippen molar-refractivity contribution < 1.29 is 95.8 Å². The zero-order valence-electron chi connectivity index (χ0n) is 79.5. The van der Waals surface area contributed by atoms with Gasteiger partial charge >= 0.3 is 12.2 Å². The van der Waals surface area contributed by atoms with Crippen molar-refractivity contribution in [1.82, 2.24) is 16.0 Å². The number of aromatic hydroxyl groups is 2. The molecule has 5 rings (SSSR count). The molecule has 0 aliphatic rings. The molecule has 5 aromatic carbocycles. The molecular formula is C97H157N5O20. The minimum Gasteiger partial charge on any atom is -0.504 e. The van der Waals surface area contributed by atoms with Gasteiger partial charge in [-0.25, -0.2) is 9.59 Å². The number of ketones is 4. The zero-order valence-corrected chi connectivity index (χ0v) is 79.5. The molecule has 25 heteroatoms. The van der Waals surface area contributed by atoms with Crippen molar-refractivity contribution >= 4 is 35.3 Å². The number of hydrogen-bond donors (Lipinski definition) is 7. The van der Waals surface area contributed by atoms with Gasteiger partial charge in [-0.05, 0) is 262 Å². The van der Waals surface area contributed by atoms with Gasteiger partial charge in [-0.1, -0.05) is 113 Å². The summed E-state index contributed by atoms with van der Waals surface area (Å²) >= 11 is 0. The summed E-state index contributed by atoms with van der Waals surface area (Å²) in [4.78, 5) is 74.9. The molecule has 0 saturated heterocycles. The van der Waals surface area contributed by atoms with E-state index in [1.54, 1.807) is 101 Å². The molecule has 0 unspecified atom stereocenters. The molecule has 5 aromatic rings.